The summed E-state index contributed by atoms with van der Waals surface area (Å²) < 4.78 is 109. The molecule has 162 valence electrons. The average Bonchev–Trinajstić information content (AvgIpc) is 2.68. The zero-order chi connectivity index (χ0) is 22.9. The van der Waals surface area contributed by atoms with E-state index in [0.29, 0.717) is 24.1 Å². The Morgan fingerprint density at radius 2 is 1.26 bits per heavy atom. The lowest BCUT2D eigenvalue weighted by molar-refractivity contribution is -0.0790. The summed E-state index contributed by atoms with van der Waals surface area (Å²) >= 11 is 0. The van der Waals surface area contributed by atoms with Gasteiger partial charge < -0.3 is 0 Å². The molecular weight excluding hydrogens is 428 g/mol. The summed E-state index contributed by atoms with van der Waals surface area (Å²) in [5, 5.41) is 0. The van der Waals surface area contributed by atoms with Crippen molar-refractivity contribution in [2.45, 2.75) is 19.5 Å². The molecule has 0 aliphatic rings. The Kier molecular flexibility index (Phi) is 6.20. The van der Waals surface area contributed by atoms with E-state index in [1.54, 1.807) is 13.0 Å². The topological polar surface area (TPSA) is 0 Å². The van der Waals surface area contributed by atoms with E-state index in [0.717, 1.165) is 12.1 Å². The van der Waals surface area contributed by atoms with E-state index in [2.05, 4.69) is 0 Å². The maximum Gasteiger partial charge on any atom is 0.409 e. The summed E-state index contributed by atoms with van der Waals surface area (Å²) in [5.74, 6) is -6.44. The first-order valence-corrected chi connectivity index (χ1v) is 9.04. The molecule has 0 aliphatic carbocycles. The second-order valence-corrected chi connectivity index (χ2v) is 6.68. The van der Waals surface area contributed by atoms with Gasteiger partial charge in [0.2, 0.25) is 0 Å². The molecule has 0 amide bonds. The maximum atomic E-state index is 14.7. The minimum absolute atomic E-state index is 0.190. The van der Waals surface area contributed by atoms with Crippen molar-refractivity contribution in [1.29, 1.82) is 0 Å². The number of benzene rings is 3. The number of hydrogen-bond donors (Lipinski definition) is 0. The van der Waals surface area contributed by atoms with Crippen LogP contribution in [0, 0.1) is 29.1 Å². The fourth-order valence-electron chi connectivity index (χ4n) is 3.05. The molecule has 0 fully saturated rings. The lowest BCUT2D eigenvalue weighted by Crippen LogP contribution is -2.01. The molecule has 3 aromatic carbocycles. The van der Waals surface area contributed by atoms with Gasteiger partial charge in [-0.25, -0.2) is 22.0 Å². The summed E-state index contributed by atoms with van der Waals surface area (Å²) in [6, 6.07) is 7.30. The lowest BCUT2D eigenvalue weighted by atomic mass is 9.96. The average molecular weight is 442 g/mol. The van der Waals surface area contributed by atoms with Gasteiger partial charge in [0, 0.05) is 28.3 Å². The number of hydrogen-bond acceptors (Lipinski definition) is 0. The zero-order valence-electron chi connectivity index (χ0n) is 15.9. The van der Waals surface area contributed by atoms with Crippen molar-refractivity contribution in [3.8, 4) is 22.3 Å². The highest BCUT2D eigenvalue weighted by molar-refractivity contribution is 5.73. The van der Waals surface area contributed by atoms with Crippen molar-refractivity contribution < 1.29 is 35.1 Å². The Morgan fingerprint density at radius 1 is 0.710 bits per heavy atom. The molecule has 0 aliphatic heterocycles. The Morgan fingerprint density at radius 3 is 1.81 bits per heavy atom. The molecule has 0 heterocycles. The molecule has 3 rings (SSSR count). The smallest absolute Gasteiger partial charge is 0.206 e. The van der Waals surface area contributed by atoms with Crippen molar-refractivity contribution >= 4 is 6.08 Å². The first-order chi connectivity index (χ1) is 14.5. The van der Waals surface area contributed by atoms with Crippen molar-refractivity contribution in [3.05, 3.63) is 88.8 Å². The standard InChI is InChI=1S/C23H14F8/c1-2-12-3-4-15(18(24)9-12)16-6-5-14(21(27)22(16)28)13-10-19(25)17(20(26)11-13)7-8-23(29,30)31/h3-11H,2H2,1H3/b8-7+. The van der Waals surface area contributed by atoms with Crippen LogP contribution in [0.25, 0.3) is 28.3 Å². The van der Waals surface area contributed by atoms with Crippen LogP contribution in [-0.2, 0) is 6.42 Å². The summed E-state index contributed by atoms with van der Waals surface area (Å²) in [5.41, 5.74) is -1.85. The molecule has 8 heteroatoms. The fourth-order valence-corrected chi connectivity index (χ4v) is 3.05. The normalized spacial score (nSPS) is 12.0. The second-order valence-electron chi connectivity index (χ2n) is 6.68. The van der Waals surface area contributed by atoms with Gasteiger partial charge in [0.15, 0.2) is 11.6 Å². The molecule has 0 nitrogen and oxygen atoms in total. The van der Waals surface area contributed by atoms with Crippen LogP contribution in [-0.4, -0.2) is 6.18 Å². The molecule has 0 unspecified atom stereocenters. The highest BCUT2D eigenvalue weighted by Gasteiger charge is 2.24. The molecule has 0 N–H and O–H groups in total. The van der Waals surface area contributed by atoms with E-state index in [1.807, 2.05) is 0 Å². The van der Waals surface area contributed by atoms with E-state index >= 15 is 0 Å². The summed E-state index contributed by atoms with van der Waals surface area (Å²) in [7, 11) is 0. The SMILES string of the molecule is CCc1ccc(-c2ccc(-c3cc(F)c(/C=C/C(F)(F)F)c(F)c3)c(F)c2F)c(F)c1. The summed E-state index contributed by atoms with van der Waals surface area (Å²) in [6.45, 7) is 1.80. The molecule has 0 aromatic heterocycles. The quantitative estimate of drug-likeness (QED) is 0.361. The van der Waals surface area contributed by atoms with Gasteiger partial charge in [-0.3, -0.25) is 0 Å². The van der Waals surface area contributed by atoms with E-state index in [-0.39, 0.29) is 23.3 Å². The van der Waals surface area contributed by atoms with Crippen LogP contribution in [0.15, 0.2) is 48.5 Å². The molecule has 3 aromatic rings. The van der Waals surface area contributed by atoms with Gasteiger partial charge in [-0.05, 0) is 41.8 Å². The highest BCUT2D eigenvalue weighted by Crippen LogP contribution is 2.34. The first kappa shape index (κ1) is 22.5. The van der Waals surface area contributed by atoms with Crippen LogP contribution in [0.1, 0.15) is 18.1 Å². The van der Waals surface area contributed by atoms with Gasteiger partial charge in [0.25, 0.3) is 0 Å². The zero-order valence-corrected chi connectivity index (χ0v) is 15.9. The number of allylic oxidation sites excluding steroid dienone is 1. The minimum Gasteiger partial charge on any atom is -0.206 e. The number of rotatable bonds is 4. The van der Waals surface area contributed by atoms with Crippen LogP contribution in [0.3, 0.4) is 0 Å². The molecule has 0 bridgehead atoms. The maximum absolute atomic E-state index is 14.7. The van der Waals surface area contributed by atoms with Crippen molar-refractivity contribution in [1.82, 2.24) is 0 Å². The van der Waals surface area contributed by atoms with Crippen LogP contribution < -0.4 is 0 Å². The van der Waals surface area contributed by atoms with Gasteiger partial charge in [-0.15, -0.1) is 0 Å². The highest BCUT2D eigenvalue weighted by atomic mass is 19.4. The van der Waals surface area contributed by atoms with Crippen LogP contribution in [0.5, 0.6) is 0 Å². The number of alkyl halides is 3. The van der Waals surface area contributed by atoms with Gasteiger partial charge in [-0.1, -0.05) is 31.2 Å². The molecule has 0 spiro atoms. The summed E-state index contributed by atoms with van der Waals surface area (Å²) in [6.07, 6.45) is -4.38. The fraction of sp³-hybridized carbons (Fsp3) is 0.130. The van der Waals surface area contributed by atoms with Crippen molar-refractivity contribution in [2.24, 2.45) is 0 Å². The molecular formula is C23H14F8. The number of aryl methyl sites for hydroxylation is 1. The monoisotopic (exact) mass is 442 g/mol. The third-order valence-corrected chi connectivity index (χ3v) is 4.64. The molecule has 31 heavy (non-hydrogen) atoms. The van der Waals surface area contributed by atoms with Crippen molar-refractivity contribution in [2.75, 3.05) is 0 Å². The third kappa shape index (κ3) is 4.78. The minimum atomic E-state index is -4.78. The third-order valence-electron chi connectivity index (χ3n) is 4.64. The first-order valence-electron chi connectivity index (χ1n) is 9.04. The van der Waals surface area contributed by atoms with Gasteiger partial charge in [0.05, 0.1) is 0 Å². The van der Waals surface area contributed by atoms with Gasteiger partial charge in [0.1, 0.15) is 17.5 Å². The van der Waals surface area contributed by atoms with Crippen LogP contribution in [0.2, 0.25) is 0 Å². The molecule has 0 radical (unpaired) electrons. The second kappa shape index (κ2) is 8.53. The van der Waals surface area contributed by atoms with Crippen LogP contribution in [0.4, 0.5) is 35.1 Å². The summed E-state index contributed by atoms with van der Waals surface area (Å²) in [4.78, 5) is 0. The Balaban J connectivity index is 2.05. The van der Waals surface area contributed by atoms with E-state index in [9.17, 15) is 35.1 Å². The Bertz CT molecular complexity index is 1140. The van der Waals surface area contributed by atoms with Crippen LogP contribution >= 0.6 is 0 Å². The molecule has 0 atom stereocenters. The Hall–Kier alpha value is -3.16. The van der Waals surface area contributed by atoms with E-state index in [4.69, 9.17) is 0 Å². The predicted octanol–water partition coefficient (Wildman–Crippen LogP) is 7.85. The molecule has 0 saturated carbocycles. The predicted molar refractivity (Wildman–Crippen MR) is 102 cm³/mol. The molecule has 0 saturated heterocycles. The Labute approximate surface area is 172 Å². The lowest BCUT2D eigenvalue weighted by Gasteiger charge is -2.12. The number of halogens is 8. The van der Waals surface area contributed by atoms with E-state index < -0.39 is 52.0 Å². The van der Waals surface area contributed by atoms with Gasteiger partial charge in [-0.2, -0.15) is 13.2 Å². The van der Waals surface area contributed by atoms with Crippen molar-refractivity contribution in [3.63, 3.8) is 0 Å². The largest absolute Gasteiger partial charge is 0.409 e. The van der Waals surface area contributed by atoms with E-state index in [1.165, 1.54) is 12.1 Å². The van der Waals surface area contributed by atoms with Gasteiger partial charge >= 0.3 is 6.18 Å².